The van der Waals surface area contributed by atoms with Crippen molar-refractivity contribution in [3.05, 3.63) is 30.3 Å². The first kappa shape index (κ1) is 20.7. The van der Waals surface area contributed by atoms with Gasteiger partial charge in [0.25, 0.3) is 5.91 Å². The number of fused-ring (bicyclic) bond motifs is 1. The van der Waals surface area contributed by atoms with Crippen LogP contribution in [0.4, 0.5) is 0 Å². The van der Waals surface area contributed by atoms with Crippen LogP contribution in [0.15, 0.2) is 30.3 Å². The summed E-state index contributed by atoms with van der Waals surface area (Å²) in [5.41, 5.74) is 0. The van der Waals surface area contributed by atoms with E-state index in [1.165, 1.54) is 16.7 Å². The molecule has 0 radical (unpaired) electrons. The fraction of sp³-hybridized carbons (Fsp3) is 0.438. The van der Waals surface area contributed by atoms with Crippen LogP contribution in [-0.2, 0) is 14.4 Å². The Bertz CT molecular complexity index is 684. The van der Waals surface area contributed by atoms with Crippen LogP contribution < -0.4 is 66.5 Å². The first-order chi connectivity index (χ1) is 11.3. The minimum Gasteiger partial charge on any atom is -0.548 e. The molecule has 0 spiro atoms. The van der Waals surface area contributed by atoms with Gasteiger partial charge in [-0.1, -0.05) is 18.2 Å². The number of carboxylic acids is 1. The molecule has 0 bridgehead atoms. The zero-order chi connectivity index (χ0) is 17.5. The maximum Gasteiger partial charge on any atom is 1.00 e. The molecule has 9 heteroatoms. The Morgan fingerprint density at radius 3 is 2.56 bits per heavy atom. The summed E-state index contributed by atoms with van der Waals surface area (Å²) in [6.07, 6.45) is 0. The molecule has 0 saturated carbocycles. The number of carbonyl (C=O) groups is 3. The van der Waals surface area contributed by atoms with E-state index in [4.69, 9.17) is 4.74 Å². The number of hydrogen-bond acceptors (Lipinski definition) is 6. The second kappa shape index (κ2) is 7.97. The average molecular weight is 388 g/mol. The van der Waals surface area contributed by atoms with Crippen molar-refractivity contribution in [3.8, 4) is 5.75 Å². The van der Waals surface area contributed by atoms with Gasteiger partial charge in [0.15, 0.2) is 6.61 Å². The smallest absolute Gasteiger partial charge is 0.548 e. The number of nitrogens with one attached hydrogen (secondary N) is 1. The number of ether oxygens (including phenoxy) is 1. The molecule has 2 saturated heterocycles. The van der Waals surface area contributed by atoms with Gasteiger partial charge in [-0.2, -0.15) is 0 Å². The molecule has 2 aliphatic rings. The number of nitrogens with zero attached hydrogens (tertiary/aromatic N) is 1. The molecule has 2 amide bonds. The number of para-hydroxylation sites is 1. The van der Waals surface area contributed by atoms with Crippen LogP contribution in [0.5, 0.6) is 5.75 Å². The molecular formula is C16H17KN2O5S. The van der Waals surface area contributed by atoms with E-state index in [1.807, 2.05) is 6.07 Å². The van der Waals surface area contributed by atoms with Crippen molar-refractivity contribution in [1.82, 2.24) is 10.2 Å². The van der Waals surface area contributed by atoms with Crippen molar-refractivity contribution in [2.75, 3.05) is 6.61 Å². The fourth-order valence-electron chi connectivity index (χ4n) is 3.01. The Morgan fingerprint density at radius 2 is 1.96 bits per heavy atom. The number of benzene rings is 1. The van der Waals surface area contributed by atoms with Crippen LogP contribution in [0.2, 0.25) is 0 Å². The Labute approximate surface area is 192 Å². The van der Waals surface area contributed by atoms with Gasteiger partial charge in [-0.15, -0.1) is 11.8 Å². The van der Waals surface area contributed by atoms with Gasteiger partial charge in [0.2, 0.25) is 5.91 Å². The largest absolute Gasteiger partial charge is 1.00 e. The van der Waals surface area contributed by atoms with Gasteiger partial charge >= 0.3 is 51.4 Å². The van der Waals surface area contributed by atoms with E-state index in [2.05, 4.69) is 5.32 Å². The van der Waals surface area contributed by atoms with Crippen LogP contribution >= 0.6 is 11.8 Å². The Hall–Kier alpha value is -0.584. The van der Waals surface area contributed by atoms with E-state index in [-0.39, 0.29) is 58.0 Å². The molecule has 25 heavy (non-hydrogen) atoms. The van der Waals surface area contributed by atoms with Crippen LogP contribution in [0.3, 0.4) is 0 Å². The number of thioether (sulfide) groups is 1. The van der Waals surface area contributed by atoms with Crippen molar-refractivity contribution in [1.29, 1.82) is 0 Å². The Balaban J connectivity index is 0.00000225. The number of amides is 2. The maximum atomic E-state index is 12.2. The molecule has 2 aliphatic heterocycles. The van der Waals surface area contributed by atoms with E-state index in [0.717, 1.165) is 0 Å². The van der Waals surface area contributed by atoms with Crippen molar-refractivity contribution in [2.45, 2.75) is 36.1 Å². The summed E-state index contributed by atoms with van der Waals surface area (Å²) in [5.74, 6) is -1.55. The van der Waals surface area contributed by atoms with Crippen LogP contribution in [-0.4, -0.2) is 51.5 Å². The van der Waals surface area contributed by atoms with Gasteiger partial charge in [0.05, 0.1) is 12.0 Å². The summed E-state index contributed by atoms with van der Waals surface area (Å²) >= 11 is 1.35. The monoisotopic (exact) mass is 388 g/mol. The number of β-lactam (4-membered cyclic amide) rings is 1. The molecule has 1 N–H and O–H groups in total. The van der Waals surface area contributed by atoms with Crippen molar-refractivity contribution >= 4 is 29.5 Å². The van der Waals surface area contributed by atoms with Gasteiger partial charge in [0, 0.05) is 4.75 Å². The summed E-state index contributed by atoms with van der Waals surface area (Å²) in [6, 6.07) is 7.14. The summed E-state index contributed by atoms with van der Waals surface area (Å²) in [5, 5.41) is 13.5. The predicted octanol–water partition coefficient (Wildman–Crippen LogP) is -3.63. The third-order valence-corrected chi connectivity index (χ3v) is 5.67. The summed E-state index contributed by atoms with van der Waals surface area (Å²) < 4.78 is 4.67. The molecule has 2 fully saturated rings. The second-order valence-corrected chi connectivity index (χ2v) is 8.00. The fourth-order valence-corrected chi connectivity index (χ4v) is 4.63. The van der Waals surface area contributed by atoms with Crippen molar-refractivity contribution in [3.63, 3.8) is 0 Å². The predicted molar refractivity (Wildman–Crippen MR) is 85.0 cm³/mol. The number of rotatable bonds is 5. The minimum atomic E-state index is -1.28. The molecule has 3 rings (SSSR count). The van der Waals surface area contributed by atoms with E-state index in [0.29, 0.717) is 5.75 Å². The van der Waals surface area contributed by atoms with E-state index in [1.54, 1.807) is 38.1 Å². The minimum absolute atomic E-state index is 0. The van der Waals surface area contributed by atoms with Gasteiger partial charge in [-0.05, 0) is 26.0 Å². The SMILES string of the molecule is CC1(C)SC2[C@H](NC(=O)COc3ccccc3)C(=O)N2[C@H]1C(=O)[O-].[K+]. The molecule has 0 aliphatic carbocycles. The van der Waals surface area contributed by atoms with Crippen LogP contribution in [0.25, 0.3) is 0 Å². The number of carboxylic acid groups (broad SMARTS) is 1. The van der Waals surface area contributed by atoms with Crippen molar-refractivity contribution < 1.29 is 75.6 Å². The Kier molecular flexibility index (Phi) is 6.61. The van der Waals surface area contributed by atoms with Gasteiger partial charge < -0.3 is 24.9 Å². The first-order valence-electron chi connectivity index (χ1n) is 7.49. The molecule has 1 aromatic rings. The van der Waals surface area contributed by atoms with Crippen molar-refractivity contribution in [2.24, 2.45) is 0 Å². The Morgan fingerprint density at radius 1 is 1.32 bits per heavy atom. The van der Waals surface area contributed by atoms with Crippen LogP contribution in [0, 0.1) is 0 Å². The summed E-state index contributed by atoms with van der Waals surface area (Å²) in [6.45, 7) is 3.29. The molecule has 7 nitrogen and oxygen atoms in total. The summed E-state index contributed by atoms with van der Waals surface area (Å²) in [7, 11) is 0. The third-order valence-electron chi connectivity index (χ3n) is 4.09. The maximum absolute atomic E-state index is 12.2. The van der Waals surface area contributed by atoms with E-state index >= 15 is 0 Å². The van der Waals surface area contributed by atoms with E-state index in [9.17, 15) is 19.5 Å². The molecule has 3 atom stereocenters. The normalized spacial score (nSPS) is 26.1. The molecule has 1 aromatic carbocycles. The number of carbonyl (C=O) groups excluding carboxylic acids is 3. The number of aliphatic carboxylic acids is 1. The molecule has 1 unspecified atom stereocenters. The topological polar surface area (TPSA) is 98.8 Å². The second-order valence-electron chi connectivity index (χ2n) is 6.23. The zero-order valence-electron chi connectivity index (χ0n) is 14.2. The molecule has 0 aromatic heterocycles. The quantitative estimate of drug-likeness (QED) is 0.413. The van der Waals surface area contributed by atoms with Crippen LogP contribution in [0.1, 0.15) is 13.8 Å². The van der Waals surface area contributed by atoms with E-state index < -0.39 is 40.0 Å². The third kappa shape index (κ3) is 4.06. The number of hydrogen-bond donors (Lipinski definition) is 1. The summed E-state index contributed by atoms with van der Waals surface area (Å²) in [4.78, 5) is 36.8. The van der Waals surface area contributed by atoms with Gasteiger partial charge in [-0.25, -0.2) is 0 Å². The molecule has 128 valence electrons. The standard InChI is InChI=1S/C16H18N2O5S.K/c1-16(2)12(15(21)22)18-13(20)11(14(18)24-16)17-10(19)8-23-9-6-4-3-5-7-9;/h3-7,11-12,14H,8H2,1-2H3,(H,17,19)(H,21,22);/q;+1/p-1/t11-,12+,14?;/m1./s1. The molecular weight excluding hydrogens is 371 g/mol. The average Bonchev–Trinajstić information content (AvgIpc) is 2.80. The van der Waals surface area contributed by atoms with Gasteiger partial charge in [-0.3, -0.25) is 9.59 Å². The molecule has 2 heterocycles. The van der Waals surface area contributed by atoms with Gasteiger partial charge in [0.1, 0.15) is 17.2 Å². The first-order valence-corrected chi connectivity index (χ1v) is 8.37. The zero-order valence-corrected chi connectivity index (χ0v) is 18.2.